The summed E-state index contributed by atoms with van der Waals surface area (Å²) in [6.07, 6.45) is 0. The maximum absolute atomic E-state index is 10.3. The fraction of sp³-hybridized carbons (Fsp3) is 0.0435. The molecule has 3 aromatic carbocycles. The van der Waals surface area contributed by atoms with Gasteiger partial charge in [-0.3, -0.25) is 0 Å². The summed E-state index contributed by atoms with van der Waals surface area (Å²) in [6.45, 7) is 1.99. The van der Waals surface area contributed by atoms with Gasteiger partial charge in [-0.05, 0) is 25.1 Å². The molecule has 0 unspecified atom stereocenters. The Morgan fingerprint density at radius 3 is 2.48 bits per heavy atom. The van der Waals surface area contributed by atoms with Crippen LogP contribution in [0.25, 0.3) is 33.1 Å². The molecule has 29 heavy (non-hydrogen) atoms. The van der Waals surface area contributed by atoms with Crippen molar-refractivity contribution < 1.29 is 5.11 Å². The van der Waals surface area contributed by atoms with Gasteiger partial charge in [0.1, 0.15) is 0 Å². The van der Waals surface area contributed by atoms with Gasteiger partial charge in [-0.25, -0.2) is 9.97 Å². The summed E-state index contributed by atoms with van der Waals surface area (Å²) in [5.74, 6) is 0.211. The van der Waals surface area contributed by atoms with Crippen molar-refractivity contribution in [2.45, 2.75) is 6.92 Å². The Labute approximate surface area is 166 Å². The van der Waals surface area contributed by atoms with E-state index in [4.69, 9.17) is 0 Å². The van der Waals surface area contributed by atoms with Crippen LogP contribution in [-0.4, -0.2) is 20.1 Å². The molecule has 0 fully saturated rings. The molecule has 5 rings (SSSR count). The van der Waals surface area contributed by atoms with Crippen molar-refractivity contribution in [3.05, 3.63) is 78.4 Å². The van der Waals surface area contributed by atoms with Gasteiger partial charge in [0.05, 0.1) is 16.7 Å². The fourth-order valence-electron chi connectivity index (χ4n) is 3.40. The molecule has 140 valence electrons. The number of azo groups is 1. The van der Waals surface area contributed by atoms with E-state index in [1.165, 1.54) is 0 Å². The molecule has 5 aromatic rings. The Morgan fingerprint density at radius 2 is 1.62 bits per heavy atom. The van der Waals surface area contributed by atoms with Crippen LogP contribution in [0.5, 0.6) is 5.88 Å². The van der Waals surface area contributed by atoms with Gasteiger partial charge < -0.3 is 10.1 Å². The zero-order chi connectivity index (χ0) is 19.8. The minimum Gasteiger partial charge on any atom is -0.493 e. The Kier molecular flexibility index (Phi) is 4.02. The van der Waals surface area contributed by atoms with Gasteiger partial charge in [0.15, 0.2) is 5.69 Å². The van der Waals surface area contributed by atoms with Crippen LogP contribution in [0.3, 0.4) is 0 Å². The number of nitrogens with zero attached hydrogens (tertiary/aromatic N) is 4. The quantitative estimate of drug-likeness (QED) is 0.365. The molecule has 2 heterocycles. The largest absolute Gasteiger partial charge is 0.493 e. The first kappa shape index (κ1) is 17.1. The molecule has 0 amide bonds. The molecule has 0 radical (unpaired) electrons. The van der Waals surface area contributed by atoms with E-state index in [0.29, 0.717) is 5.69 Å². The molecule has 6 heteroatoms. The van der Waals surface area contributed by atoms with E-state index in [1.54, 1.807) is 0 Å². The highest BCUT2D eigenvalue weighted by Crippen LogP contribution is 2.37. The summed E-state index contributed by atoms with van der Waals surface area (Å²) in [6, 6.07) is 23.6. The van der Waals surface area contributed by atoms with Crippen molar-refractivity contribution >= 4 is 33.4 Å². The molecule has 0 bridgehead atoms. The average Bonchev–Trinajstić information content (AvgIpc) is 3.06. The number of hydrogen-bond donors (Lipinski definition) is 2. The first-order chi connectivity index (χ1) is 14.2. The topological polar surface area (TPSA) is 86.5 Å². The highest BCUT2D eigenvalue weighted by molar-refractivity contribution is 5.95. The van der Waals surface area contributed by atoms with E-state index >= 15 is 0 Å². The molecule has 0 aliphatic rings. The second kappa shape index (κ2) is 6.83. The van der Waals surface area contributed by atoms with Crippen molar-refractivity contribution in [2.24, 2.45) is 10.2 Å². The van der Waals surface area contributed by atoms with Crippen LogP contribution in [0.2, 0.25) is 0 Å². The Bertz CT molecular complexity index is 1370. The molecule has 2 N–H and O–H groups in total. The average molecular weight is 379 g/mol. The summed E-state index contributed by atoms with van der Waals surface area (Å²) in [7, 11) is 0. The summed E-state index contributed by atoms with van der Waals surface area (Å²) in [4.78, 5) is 12.1. The number of benzene rings is 3. The van der Waals surface area contributed by atoms with Gasteiger partial charge in [-0.1, -0.05) is 60.2 Å². The molecule has 0 aliphatic carbocycles. The number of fused-ring (bicyclic) bond motifs is 2. The Hall–Kier alpha value is -4.06. The van der Waals surface area contributed by atoms with Crippen LogP contribution in [0.15, 0.2) is 83.0 Å². The number of nitrogens with one attached hydrogen (secondary N) is 1. The molecular formula is C23H17N5O. The van der Waals surface area contributed by atoms with Crippen LogP contribution in [0.1, 0.15) is 5.56 Å². The van der Waals surface area contributed by atoms with Gasteiger partial charge in [0, 0.05) is 16.3 Å². The van der Waals surface area contributed by atoms with Gasteiger partial charge in [-0.2, -0.15) is 0 Å². The third-order valence-corrected chi connectivity index (χ3v) is 4.79. The van der Waals surface area contributed by atoms with Crippen molar-refractivity contribution in [1.29, 1.82) is 0 Å². The van der Waals surface area contributed by atoms with Crippen molar-refractivity contribution in [3.63, 3.8) is 0 Å². The maximum atomic E-state index is 10.3. The first-order valence-corrected chi connectivity index (χ1v) is 9.24. The molecule has 0 atom stereocenters. The van der Waals surface area contributed by atoms with Gasteiger partial charge in [0.2, 0.25) is 5.88 Å². The van der Waals surface area contributed by atoms with Crippen molar-refractivity contribution in [3.8, 4) is 17.1 Å². The van der Waals surface area contributed by atoms with Crippen LogP contribution in [0.4, 0.5) is 11.6 Å². The van der Waals surface area contributed by atoms with Gasteiger partial charge in [-0.15, -0.1) is 10.2 Å². The van der Waals surface area contributed by atoms with Gasteiger partial charge in [0.25, 0.3) is 5.95 Å². The molecular weight excluding hydrogens is 362 g/mol. The third-order valence-electron chi connectivity index (χ3n) is 4.79. The standard InChI is InChI=1S/C23H17N5O/c1-14-11-12-19-17(13-14)21(22(29)24-19)27-28-23-25-18-10-6-5-9-16(18)20(26-23)15-7-3-2-4-8-15/h2-13,24,29H,1H3. The van der Waals surface area contributed by atoms with Crippen LogP contribution < -0.4 is 0 Å². The number of rotatable bonds is 3. The van der Waals surface area contributed by atoms with Crippen LogP contribution >= 0.6 is 0 Å². The van der Waals surface area contributed by atoms with Crippen LogP contribution in [-0.2, 0) is 0 Å². The lowest BCUT2D eigenvalue weighted by molar-refractivity contribution is 0.459. The second-order valence-electron chi connectivity index (χ2n) is 6.83. The van der Waals surface area contributed by atoms with Crippen molar-refractivity contribution in [2.75, 3.05) is 0 Å². The molecule has 2 aromatic heterocycles. The van der Waals surface area contributed by atoms with E-state index < -0.39 is 0 Å². The summed E-state index contributed by atoms with van der Waals surface area (Å²) >= 11 is 0. The minimum absolute atomic E-state index is 0.0292. The fourth-order valence-corrected chi connectivity index (χ4v) is 3.40. The lowest BCUT2D eigenvalue weighted by Gasteiger charge is -2.06. The molecule has 6 nitrogen and oxygen atoms in total. The number of aryl methyl sites for hydroxylation is 1. The number of aromatic nitrogens is 3. The van der Waals surface area contributed by atoms with Gasteiger partial charge >= 0.3 is 0 Å². The number of hydrogen-bond acceptors (Lipinski definition) is 5. The summed E-state index contributed by atoms with van der Waals surface area (Å²) < 4.78 is 0. The summed E-state index contributed by atoms with van der Waals surface area (Å²) in [5, 5.41) is 20.5. The SMILES string of the molecule is Cc1ccc2[nH]c(O)c(N=Nc3nc(-c4ccccc4)c4ccccc4n3)c2c1. The maximum Gasteiger partial charge on any atom is 0.270 e. The number of para-hydroxylation sites is 1. The predicted molar refractivity (Wildman–Crippen MR) is 114 cm³/mol. The zero-order valence-electron chi connectivity index (χ0n) is 15.7. The van der Waals surface area contributed by atoms with E-state index in [9.17, 15) is 5.11 Å². The third kappa shape index (κ3) is 3.10. The Morgan fingerprint density at radius 1 is 0.828 bits per heavy atom. The van der Waals surface area contributed by atoms with E-state index in [-0.39, 0.29) is 11.8 Å². The number of H-pyrrole nitrogens is 1. The summed E-state index contributed by atoms with van der Waals surface area (Å²) in [5.41, 5.74) is 4.81. The van der Waals surface area contributed by atoms with Crippen molar-refractivity contribution in [1.82, 2.24) is 15.0 Å². The Balaban J connectivity index is 1.65. The predicted octanol–water partition coefficient (Wildman–Crippen LogP) is 6.21. The monoisotopic (exact) mass is 379 g/mol. The lowest BCUT2D eigenvalue weighted by Crippen LogP contribution is -1.90. The highest BCUT2D eigenvalue weighted by atomic mass is 16.3. The van der Waals surface area contributed by atoms with E-state index in [0.717, 1.165) is 38.6 Å². The van der Waals surface area contributed by atoms with E-state index in [2.05, 4.69) is 25.2 Å². The molecule has 0 saturated carbocycles. The number of aromatic hydroxyl groups is 1. The lowest BCUT2D eigenvalue weighted by atomic mass is 10.1. The zero-order valence-corrected chi connectivity index (χ0v) is 15.7. The minimum atomic E-state index is -0.0292. The highest BCUT2D eigenvalue weighted by Gasteiger charge is 2.12. The number of aromatic amines is 1. The van der Waals surface area contributed by atoms with Crippen LogP contribution in [0, 0.1) is 6.92 Å². The van der Waals surface area contributed by atoms with E-state index in [1.807, 2.05) is 79.7 Å². The molecule has 0 saturated heterocycles. The molecule has 0 aliphatic heterocycles. The normalized spacial score (nSPS) is 11.6. The first-order valence-electron chi connectivity index (χ1n) is 9.24. The molecule has 0 spiro atoms. The smallest absolute Gasteiger partial charge is 0.270 e. The second-order valence-corrected chi connectivity index (χ2v) is 6.83.